The number of hydrogen-bond donors (Lipinski definition) is 3. The van der Waals surface area contributed by atoms with Gasteiger partial charge in [0.2, 0.25) is 5.91 Å². The summed E-state index contributed by atoms with van der Waals surface area (Å²) in [4.78, 5) is 42.3. The minimum atomic E-state index is -0.595. The minimum absolute atomic E-state index is 0.0158. The van der Waals surface area contributed by atoms with Gasteiger partial charge >= 0.3 is 0 Å². The number of carbonyl (C=O) groups is 3. The van der Waals surface area contributed by atoms with E-state index < -0.39 is 11.5 Å². The molecule has 9 heteroatoms. The van der Waals surface area contributed by atoms with Crippen molar-refractivity contribution in [1.82, 2.24) is 25.3 Å². The number of aldehydes is 1. The molecule has 2 atom stereocenters. The molecule has 0 aliphatic carbocycles. The lowest BCUT2D eigenvalue weighted by atomic mass is 9.91. The van der Waals surface area contributed by atoms with Gasteiger partial charge in [-0.3, -0.25) is 14.5 Å². The van der Waals surface area contributed by atoms with Gasteiger partial charge in [-0.1, -0.05) is 32.6 Å². The maximum absolute atomic E-state index is 13.2. The molecule has 1 saturated heterocycles. The van der Waals surface area contributed by atoms with Gasteiger partial charge in [-0.25, -0.2) is 0 Å². The van der Waals surface area contributed by atoms with Crippen molar-refractivity contribution in [1.29, 1.82) is 0 Å². The summed E-state index contributed by atoms with van der Waals surface area (Å²) in [5.74, 6) is 0.579. The Hall–Kier alpha value is -3.07. The second-order valence-corrected chi connectivity index (χ2v) is 9.34. The molecule has 2 unspecified atom stereocenters. The van der Waals surface area contributed by atoms with Gasteiger partial charge in [0.1, 0.15) is 18.1 Å². The molecule has 0 spiro atoms. The van der Waals surface area contributed by atoms with Crippen LogP contribution in [0.1, 0.15) is 26.7 Å². The molecule has 2 aliphatic rings. The highest BCUT2D eigenvalue weighted by Gasteiger charge is 2.35. The van der Waals surface area contributed by atoms with Crippen molar-refractivity contribution in [2.75, 3.05) is 40.8 Å². The van der Waals surface area contributed by atoms with Crippen LogP contribution in [0, 0.1) is 11.3 Å². The van der Waals surface area contributed by atoms with Crippen LogP contribution < -0.4 is 16.4 Å². The third-order valence-corrected chi connectivity index (χ3v) is 6.13. The fourth-order valence-electron chi connectivity index (χ4n) is 3.74. The molecule has 2 amide bonds. The number of hydrogen-bond acceptors (Lipinski definition) is 7. The van der Waals surface area contributed by atoms with Crippen molar-refractivity contribution >= 4 is 18.1 Å². The van der Waals surface area contributed by atoms with E-state index in [4.69, 9.17) is 5.73 Å². The summed E-state index contributed by atoms with van der Waals surface area (Å²) in [7, 11) is 5.42. The number of nitrogens with one attached hydrogen (secondary N) is 2. The van der Waals surface area contributed by atoms with Gasteiger partial charge in [-0.05, 0) is 25.0 Å². The molecule has 182 valence electrons. The van der Waals surface area contributed by atoms with Gasteiger partial charge in [0.15, 0.2) is 0 Å². The van der Waals surface area contributed by atoms with Crippen molar-refractivity contribution in [2.24, 2.45) is 17.1 Å². The molecule has 2 heterocycles. The van der Waals surface area contributed by atoms with E-state index in [9.17, 15) is 14.4 Å². The third-order valence-electron chi connectivity index (χ3n) is 6.13. The minimum Gasteiger partial charge on any atom is -0.392 e. The number of likely N-dealkylation sites (tertiary alicyclic amines) is 1. The zero-order valence-electron chi connectivity index (χ0n) is 20.4. The van der Waals surface area contributed by atoms with Crippen LogP contribution in [0.15, 0.2) is 48.2 Å². The van der Waals surface area contributed by atoms with Gasteiger partial charge < -0.3 is 31.0 Å². The second-order valence-electron chi connectivity index (χ2n) is 9.34. The zero-order chi connectivity index (χ0) is 24.8. The van der Waals surface area contributed by atoms with Gasteiger partial charge in [-0.15, -0.1) is 0 Å². The molecule has 1 fully saturated rings. The number of carbonyl (C=O) groups excluding carboxylic acids is 3. The smallest absolute Gasteiger partial charge is 0.251 e. The van der Waals surface area contributed by atoms with Gasteiger partial charge in [0, 0.05) is 52.3 Å². The first kappa shape index (κ1) is 26.2. The average molecular weight is 459 g/mol. The van der Waals surface area contributed by atoms with Gasteiger partial charge in [-0.2, -0.15) is 0 Å². The van der Waals surface area contributed by atoms with E-state index in [1.54, 1.807) is 42.2 Å². The monoisotopic (exact) mass is 458 g/mol. The van der Waals surface area contributed by atoms with Gasteiger partial charge in [0.25, 0.3) is 5.91 Å². The molecule has 0 saturated carbocycles. The summed E-state index contributed by atoms with van der Waals surface area (Å²) in [6, 6.07) is -0.595. The maximum atomic E-state index is 13.2. The Balaban J connectivity index is 2.08. The molecule has 33 heavy (non-hydrogen) atoms. The normalized spacial score (nSPS) is 21.1. The lowest BCUT2D eigenvalue weighted by Crippen LogP contribution is -2.48. The van der Waals surface area contributed by atoms with E-state index >= 15 is 0 Å². The van der Waals surface area contributed by atoms with Crippen molar-refractivity contribution in [3.63, 3.8) is 0 Å². The molecule has 2 aliphatic heterocycles. The maximum Gasteiger partial charge on any atom is 0.251 e. The summed E-state index contributed by atoms with van der Waals surface area (Å²) in [5.41, 5.74) is 6.48. The quantitative estimate of drug-likeness (QED) is 0.309. The fourth-order valence-corrected chi connectivity index (χ4v) is 3.74. The topological polar surface area (TPSA) is 111 Å². The van der Waals surface area contributed by atoms with Crippen LogP contribution >= 0.6 is 0 Å². The van der Waals surface area contributed by atoms with Crippen LogP contribution in [0.3, 0.4) is 0 Å². The highest BCUT2D eigenvalue weighted by Crippen LogP contribution is 2.26. The average Bonchev–Trinajstić information content (AvgIpc) is 3.17. The summed E-state index contributed by atoms with van der Waals surface area (Å²) >= 11 is 0. The van der Waals surface area contributed by atoms with Crippen LogP contribution in [0.5, 0.6) is 0 Å². The van der Waals surface area contributed by atoms with E-state index in [1.165, 1.54) is 0 Å². The largest absolute Gasteiger partial charge is 0.392 e. The molecule has 9 nitrogen and oxygen atoms in total. The molecule has 0 bridgehead atoms. The third kappa shape index (κ3) is 6.47. The predicted molar refractivity (Wildman–Crippen MR) is 129 cm³/mol. The Labute approximate surface area is 197 Å². The Kier molecular flexibility index (Phi) is 8.87. The van der Waals surface area contributed by atoms with E-state index in [-0.39, 0.29) is 17.7 Å². The highest BCUT2D eigenvalue weighted by atomic mass is 16.2. The van der Waals surface area contributed by atoms with Gasteiger partial charge in [0.05, 0.1) is 11.4 Å². The molecule has 0 aromatic heterocycles. The fraction of sp³-hybridized carbons (Fsp3) is 0.542. The predicted octanol–water partition coefficient (Wildman–Crippen LogP) is 0.743. The summed E-state index contributed by atoms with van der Waals surface area (Å²) in [6.45, 7) is 9.52. The SMILES string of the molecule is C=C(/C(=C\NC)NC(=O)C1C=CC=C(N2CC(CN)CC2=O)N1C)N(C)CCC(C)(C)C=O. The molecule has 0 aromatic carbocycles. The number of nitrogens with two attached hydrogens (primary N) is 1. The molecule has 4 N–H and O–H groups in total. The lowest BCUT2D eigenvalue weighted by molar-refractivity contribution is -0.129. The highest BCUT2D eigenvalue weighted by molar-refractivity contribution is 5.87. The number of likely N-dealkylation sites (N-methyl/N-ethyl adjacent to an activating group) is 2. The summed E-state index contributed by atoms with van der Waals surface area (Å²) in [5, 5.41) is 5.91. The molecular weight excluding hydrogens is 420 g/mol. The van der Waals surface area contributed by atoms with E-state index in [2.05, 4.69) is 17.2 Å². The number of rotatable bonds is 11. The zero-order valence-corrected chi connectivity index (χ0v) is 20.4. The number of nitrogens with zero attached hydrogens (tertiary/aromatic N) is 3. The molecule has 2 rings (SSSR count). The van der Waals surface area contributed by atoms with Crippen LogP contribution in [0.2, 0.25) is 0 Å². The first-order valence-electron chi connectivity index (χ1n) is 11.2. The Morgan fingerprint density at radius 1 is 1.42 bits per heavy atom. The second kappa shape index (κ2) is 11.2. The van der Waals surface area contributed by atoms with Crippen molar-refractivity contribution in [3.8, 4) is 0 Å². The van der Waals surface area contributed by atoms with Crippen LogP contribution in [0.4, 0.5) is 0 Å². The number of allylic oxidation sites excluding steroid dienone is 2. The lowest BCUT2D eigenvalue weighted by Gasteiger charge is -2.36. The molecule has 0 radical (unpaired) electrons. The summed E-state index contributed by atoms with van der Waals surface area (Å²) in [6.07, 6.45) is 9.13. The number of amides is 2. The summed E-state index contributed by atoms with van der Waals surface area (Å²) < 4.78 is 0. The van der Waals surface area contributed by atoms with E-state index in [0.29, 0.717) is 49.7 Å². The first-order chi connectivity index (χ1) is 15.5. The standard InChI is InChI=1S/C24H38N6O3/c1-17(28(5)11-10-24(2,3)16-31)19(14-26-4)27-23(33)20-8-7-9-21(29(20)6)30-15-18(13-25)12-22(30)32/h7-9,14,16,18,20,26H,1,10-13,15,25H2,2-6H3,(H,27,33)/b19-14+. The first-order valence-corrected chi connectivity index (χ1v) is 11.2. The van der Waals surface area contributed by atoms with Crippen LogP contribution in [0.25, 0.3) is 0 Å². The Morgan fingerprint density at radius 2 is 2.12 bits per heavy atom. The van der Waals surface area contributed by atoms with Crippen molar-refractivity contribution in [2.45, 2.75) is 32.7 Å². The van der Waals surface area contributed by atoms with Crippen molar-refractivity contribution < 1.29 is 14.4 Å². The molecule has 0 aromatic rings. The van der Waals surface area contributed by atoms with E-state index in [0.717, 1.165) is 6.29 Å². The Morgan fingerprint density at radius 3 is 2.70 bits per heavy atom. The van der Waals surface area contributed by atoms with Crippen molar-refractivity contribution in [3.05, 3.63) is 48.2 Å². The van der Waals surface area contributed by atoms with Crippen LogP contribution in [-0.2, 0) is 14.4 Å². The van der Waals surface area contributed by atoms with Crippen LogP contribution in [-0.4, -0.2) is 79.6 Å². The Bertz CT molecular complexity index is 860. The molecular formula is C24H38N6O3. The van der Waals surface area contributed by atoms with E-state index in [1.807, 2.05) is 31.9 Å².